The van der Waals surface area contributed by atoms with E-state index < -0.39 is 0 Å². The number of piperidine rings is 1. The smallest absolute Gasteiger partial charge is 0.0226 e. The Labute approximate surface area is 88.6 Å². The third kappa shape index (κ3) is 2.96. The molecule has 14 heavy (non-hydrogen) atoms. The zero-order valence-electron chi connectivity index (χ0n) is 10.1. The van der Waals surface area contributed by atoms with Gasteiger partial charge in [0.1, 0.15) is 0 Å². The fourth-order valence-corrected chi connectivity index (χ4v) is 2.59. The topological polar surface area (TPSA) is 38.0 Å². The van der Waals surface area contributed by atoms with Gasteiger partial charge in [-0.25, -0.2) is 0 Å². The van der Waals surface area contributed by atoms with E-state index >= 15 is 0 Å². The maximum Gasteiger partial charge on any atom is 0.0226 e. The van der Waals surface area contributed by atoms with Crippen molar-refractivity contribution in [2.24, 2.45) is 23.5 Å². The third-order valence-corrected chi connectivity index (χ3v) is 3.42. The summed E-state index contributed by atoms with van der Waals surface area (Å²) in [6, 6.07) is 0.891. The van der Waals surface area contributed by atoms with Gasteiger partial charge in [-0.2, -0.15) is 0 Å². The first-order chi connectivity index (χ1) is 6.52. The molecule has 0 aromatic carbocycles. The van der Waals surface area contributed by atoms with Crippen LogP contribution < -0.4 is 11.1 Å². The van der Waals surface area contributed by atoms with E-state index in [9.17, 15) is 0 Å². The molecule has 1 aliphatic rings. The molecule has 0 spiro atoms. The molecule has 0 amide bonds. The van der Waals surface area contributed by atoms with E-state index in [-0.39, 0.29) is 0 Å². The molecule has 0 bridgehead atoms. The predicted octanol–water partition coefficient (Wildman–Crippen LogP) is 1.99. The Morgan fingerprint density at radius 3 is 2.43 bits per heavy atom. The van der Waals surface area contributed by atoms with E-state index in [0.29, 0.717) is 18.0 Å². The van der Waals surface area contributed by atoms with Crippen LogP contribution in [0.2, 0.25) is 0 Å². The van der Waals surface area contributed by atoms with Gasteiger partial charge in [-0.15, -0.1) is 0 Å². The van der Waals surface area contributed by atoms with Crippen LogP contribution in [0, 0.1) is 17.8 Å². The Kier molecular flexibility index (Phi) is 4.39. The van der Waals surface area contributed by atoms with Crippen molar-refractivity contribution in [1.29, 1.82) is 0 Å². The van der Waals surface area contributed by atoms with Crippen LogP contribution >= 0.6 is 0 Å². The maximum atomic E-state index is 6.31. The quantitative estimate of drug-likeness (QED) is 0.728. The van der Waals surface area contributed by atoms with Gasteiger partial charge < -0.3 is 11.1 Å². The Balaban J connectivity index is 2.52. The Morgan fingerprint density at radius 2 is 1.93 bits per heavy atom. The normalized spacial score (nSPS) is 34.1. The SMILES string of the molecule is CC(C)C[C@@H]1NCC[C@H](C(C)C)[C@@H]1N. The lowest BCUT2D eigenvalue weighted by molar-refractivity contribution is 0.188. The first-order valence-electron chi connectivity index (χ1n) is 6.01. The second-order valence-electron chi connectivity index (χ2n) is 5.46. The van der Waals surface area contributed by atoms with Crippen LogP contribution in [0.25, 0.3) is 0 Å². The maximum absolute atomic E-state index is 6.31. The summed E-state index contributed by atoms with van der Waals surface area (Å²) in [6.07, 6.45) is 2.46. The number of rotatable bonds is 3. The minimum absolute atomic E-state index is 0.353. The fourth-order valence-electron chi connectivity index (χ4n) is 2.59. The van der Waals surface area contributed by atoms with E-state index in [1.165, 1.54) is 12.8 Å². The number of nitrogens with two attached hydrogens (primary N) is 1. The van der Waals surface area contributed by atoms with Gasteiger partial charge in [0.25, 0.3) is 0 Å². The Morgan fingerprint density at radius 1 is 1.29 bits per heavy atom. The highest BCUT2D eigenvalue weighted by Crippen LogP contribution is 2.25. The van der Waals surface area contributed by atoms with Gasteiger partial charge in [-0.1, -0.05) is 27.7 Å². The lowest BCUT2D eigenvalue weighted by Crippen LogP contribution is -2.56. The lowest BCUT2D eigenvalue weighted by atomic mass is 9.78. The molecule has 1 aliphatic heterocycles. The van der Waals surface area contributed by atoms with Crippen LogP contribution in [0.15, 0.2) is 0 Å². The molecule has 1 saturated heterocycles. The Hall–Kier alpha value is -0.0800. The monoisotopic (exact) mass is 198 g/mol. The average molecular weight is 198 g/mol. The molecule has 1 fully saturated rings. The van der Waals surface area contributed by atoms with Gasteiger partial charge in [0.2, 0.25) is 0 Å². The number of hydrogen-bond acceptors (Lipinski definition) is 2. The first-order valence-corrected chi connectivity index (χ1v) is 6.01. The van der Waals surface area contributed by atoms with E-state index in [1.54, 1.807) is 0 Å². The summed E-state index contributed by atoms with van der Waals surface area (Å²) in [7, 11) is 0. The third-order valence-electron chi connectivity index (χ3n) is 3.42. The summed E-state index contributed by atoms with van der Waals surface area (Å²) in [5, 5.41) is 3.56. The molecule has 0 aromatic heterocycles. The van der Waals surface area contributed by atoms with Gasteiger partial charge >= 0.3 is 0 Å². The second-order valence-corrected chi connectivity index (χ2v) is 5.46. The highest BCUT2D eigenvalue weighted by atomic mass is 15.0. The second kappa shape index (κ2) is 5.13. The molecular weight excluding hydrogens is 172 g/mol. The highest BCUT2D eigenvalue weighted by molar-refractivity contribution is 4.91. The van der Waals surface area contributed by atoms with Gasteiger partial charge in [0.15, 0.2) is 0 Å². The van der Waals surface area contributed by atoms with Crippen molar-refractivity contribution in [1.82, 2.24) is 5.32 Å². The summed E-state index contributed by atoms with van der Waals surface area (Å²) < 4.78 is 0. The van der Waals surface area contributed by atoms with Crippen LogP contribution in [0.1, 0.15) is 40.5 Å². The molecular formula is C12H26N2. The summed E-state index contributed by atoms with van der Waals surface area (Å²) >= 11 is 0. The molecule has 0 radical (unpaired) electrons. The van der Waals surface area contributed by atoms with Gasteiger partial charge in [0.05, 0.1) is 0 Å². The highest BCUT2D eigenvalue weighted by Gasteiger charge is 2.31. The van der Waals surface area contributed by atoms with Crippen molar-refractivity contribution >= 4 is 0 Å². The predicted molar refractivity (Wildman–Crippen MR) is 62.2 cm³/mol. The van der Waals surface area contributed by atoms with Crippen LogP contribution in [0.4, 0.5) is 0 Å². The van der Waals surface area contributed by atoms with Crippen molar-refractivity contribution in [2.45, 2.75) is 52.6 Å². The van der Waals surface area contributed by atoms with Crippen LogP contribution in [-0.2, 0) is 0 Å². The lowest BCUT2D eigenvalue weighted by Gasteiger charge is -2.39. The molecule has 0 unspecified atom stereocenters. The fraction of sp³-hybridized carbons (Fsp3) is 1.00. The van der Waals surface area contributed by atoms with Crippen molar-refractivity contribution in [3.05, 3.63) is 0 Å². The van der Waals surface area contributed by atoms with Crippen LogP contribution in [0.5, 0.6) is 0 Å². The van der Waals surface area contributed by atoms with Gasteiger partial charge in [-0.05, 0) is 37.1 Å². The zero-order valence-corrected chi connectivity index (χ0v) is 10.1. The van der Waals surface area contributed by atoms with E-state index in [0.717, 1.165) is 18.4 Å². The molecule has 2 nitrogen and oxygen atoms in total. The number of nitrogens with one attached hydrogen (secondary N) is 1. The van der Waals surface area contributed by atoms with Crippen LogP contribution in [0.3, 0.4) is 0 Å². The van der Waals surface area contributed by atoms with E-state index in [4.69, 9.17) is 5.73 Å². The number of hydrogen-bond donors (Lipinski definition) is 2. The van der Waals surface area contributed by atoms with Crippen molar-refractivity contribution in [3.63, 3.8) is 0 Å². The molecule has 2 heteroatoms. The molecule has 0 aliphatic carbocycles. The molecule has 0 aromatic rings. The first kappa shape index (κ1) is 12.0. The average Bonchev–Trinajstić information content (AvgIpc) is 2.07. The van der Waals surface area contributed by atoms with Crippen molar-refractivity contribution in [3.8, 4) is 0 Å². The molecule has 1 rings (SSSR count). The molecule has 3 N–H and O–H groups in total. The van der Waals surface area contributed by atoms with Crippen LogP contribution in [-0.4, -0.2) is 18.6 Å². The largest absolute Gasteiger partial charge is 0.326 e. The summed E-state index contributed by atoms with van der Waals surface area (Å²) in [4.78, 5) is 0. The summed E-state index contributed by atoms with van der Waals surface area (Å²) in [5.41, 5.74) is 6.31. The molecule has 1 heterocycles. The molecule has 0 saturated carbocycles. The molecule has 84 valence electrons. The van der Waals surface area contributed by atoms with E-state index in [2.05, 4.69) is 33.0 Å². The van der Waals surface area contributed by atoms with Gasteiger partial charge in [0, 0.05) is 12.1 Å². The zero-order chi connectivity index (χ0) is 10.7. The molecule has 3 atom stereocenters. The Bertz CT molecular complexity index is 166. The van der Waals surface area contributed by atoms with Crippen molar-refractivity contribution in [2.75, 3.05) is 6.54 Å². The van der Waals surface area contributed by atoms with E-state index in [1.807, 2.05) is 0 Å². The standard InChI is InChI=1S/C12H26N2/c1-8(2)7-11-12(13)10(9(3)4)5-6-14-11/h8-12,14H,5-7,13H2,1-4H3/t10-,11+,12+/m1/s1. The summed E-state index contributed by atoms with van der Waals surface area (Å²) in [5.74, 6) is 2.17. The minimum Gasteiger partial charge on any atom is -0.326 e. The summed E-state index contributed by atoms with van der Waals surface area (Å²) in [6.45, 7) is 10.3. The minimum atomic E-state index is 0.353. The van der Waals surface area contributed by atoms with Crippen molar-refractivity contribution < 1.29 is 0 Å². The van der Waals surface area contributed by atoms with Gasteiger partial charge in [-0.3, -0.25) is 0 Å².